The number of esters is 1. The molecule has 7 nitrogen and oxygen atoms in total. The van der Waals surface area contributed by atoms with Crippen molar-refractivity contribution in [2.24, 2.45) is 17.8 Å². The molecule has 4 atom stereocenters. The highest BCUT2D eigenvalue weighted by atomic mass is 79.9. The number of benzene rings is 3. The zero-order chi connectivity index (χ0) is 25.4. The molecular formula is C29H20BrNO6. The molecular weight excluding hydrogens is 538 g/mol. The van der Waals surface area contributed by atoms with Crippen LogP contribution in [0.3, 0.4) is 0 Å². The summed E-state index contributed by atoms with van der Waals surface area (Å²) in [7, 11) is 0. The van der Waals surface area contributed by atoms with Crippen molar-refractivity contribution in [2.45, 2.75) is 12.8 Å². The first-order valence-corrected chi connectivity index (χ1v) is 12.8. The van der Waals surface area contributed by atoms with Crippen LogP contribution in [0.5, 0.6) is 17.2 Å². The number of aryl methyl sites for hydroxylation is 1. The zero-order valence-electron chi connectivity index (χ0n) is 19.6. The Labute approximate surface area is 220 Å². The van der Waals surface area contributed by atoms with Gasteiger partial charge in [0.15, 0.2) is 11.5 Å². The normalized spacial score (nSPS) is 25.3. The number of allylic oxidation sites excluding steroid dienone is 1. The van der Waals surface area contributed by atoms with Crippen LogP contribution in [0.4, 0.5) is 5.69 Å². The summed E-state index contributed by atoms with van der Waals surface area (Å²) in [5.74, 6) is -2.55. The molecule has 0 saturated carbocycles. The molecule has 0 spiro atoms. The van der Waals surface area contributed by atoms with E-state index in [2.05, 4.69) is 15.9 Å². The average Bonchev–Trinajstić information content (AvgIpc) is 3.46. The summed E-state index contributed by atoms with van der Waals surface area (Å²) >= 11 is 3.40. The van der Waals surface area contributed by atoms with Crippen molar-refractivity contribution in [3.63, 3.8) is 0 Å². The third-order valence-electron chi connectivity index (χ3n) is 7.62. The number of amides is 2. The lowest BCUT2D eigenvalue weighted by Gasteiger charge is -2.38. The Morgan fingerprint density at radius 2 is 1.59 bits per heavy atom. The highest BCUT2D eigenvalue weighted by Gasteiger charge is 2.60. The Hall–Kier alpha value is -3.91. The molecule has 0 bridgehead atoms. The molecule has 3 aromatic carbocycles. The minimum absolute atomic E-state index is 0.131. The molecule has 8 heteroatoms. The summed E-state index contributed by atoms with van der Waals surface area (Å²) in [6.07, 6.45) is 1.97. The van der Waals surface area contributed by atoms with Crippen LogP contribution < -0.4 is 19.1 Å². The molecule has 3 heterocycles. The van der Waals surface area contributed by atoms with Crippen LogP contribution in [0.15, 0.2) is 71.2 Å². The summed E-state index contributed by atoms with van der Waals surface area (Å²) in [4.78, 5) is 42.6. The van der Waals surface area contributed by atoms with Gasteiger partial charge in [0.1, 0.15) is 5.75 Å². The maximum atomic E-state index is 14.0. The van der Waals surface area contributed by atoms with E-state index < -0.39 is 35.5 Å². The smallest absolute Gasteiger partial charge is 0.319 e. The predicted molar refractivity (Wildman–Crippen MR) is 137 cm³/mol. The lowest BCUT2D eigenvalue weighted by molar-refractivity contribution is -0.142. The Morgan fingerprint density at radius 1 is 0.838 bits per heavy atom. The second-order valence-corrected chi connectivity index (χ2v) is 10.6. The number of rotatable bonds is 2. The number of anilines is 1. The van der Waals surface area contributed by atoms with Gasteiger partial charge in [0, 0.05) is 16.0 Å². The second-order valence-electron chi connectivity index (χ2n) is 9.70. The largest absolute Gasteiger partial charge is 0.454 e. The average molecular weight is 558 g/mol. The molecule has 0 radical (unpaired) electrons. The molecule has 1 fully saturated rings. The topological polar surface area (TPSA) is 82.1 Å². The molecule has 7 rings (SSSR count). The van der Waals surface area contributed by atoms with E-state index in [1.54, 1.807) is 24.3 Å². The molecule has 184 valence electrons. The van der Waals surface area contributed by atoms with Gasteiger partial charge in [0.25, 0.3) is 0 Å². The van der Waals surface area contributed by atoms with Gasteiger partial charge < -0.3 is 14.2 Å². The van der Waals surface area contributed by atoms with E-state index in [-0.39, 0.29) is 12.7 Å². The Kier molecular flexibility index (Phi) is 4.85. The Bertz CT molecular complexity index is 1540. The van der Waals surface area contributed by atoms with E-state index in [1.807, 2.05) is 49.4 Å². The SMILES string of the molecule is Cc1ccc2c(c1)OC(=O)[C@@H]1C2=C[C@H](c2ccc3c(c2)OCO3)[C@H]2C(=O)N(c3ccc(Br)cc3)C(=O)[C@@H]12. The number of hydrogen-bond donors (Lipinski definition) is 0. The summed E-state index contributed by atoms with van der Waals surface area (Å²) in [6.45, 7) is 2.06. The molecule has 0 N–H and O–H groups in total. The number of ether oxygens (including phenoxy) is 3. The predicted octanol–water partition coefficient (Wildman–Crippen LogP) is 5.01. The third-order valence-corrected chi connectivity index (χ3v) is 8.15. The van der Waals surface area contributed by atoms with Gasteiger partial charge in [0.2, 0.25) is 18.6 Å². The monoisotopic (exact) mass is 557 g/mol. The molecule has 1 saturated heterocycles. The van der Waals surface area contributed by atoms with Crippen molar-refractivity contribution in [3.05, 3.63) is 87.9 Å². The van der Waals surface area contributed by atoms with E-state index in [4.69, 9.17) is 14.2 Å². The van der Waals surface area contributed by atoms with Crippen LogP contribution >= 0.6 is 15.9 Å². The van der Waals surface area contributed by atoms with Crippen molar-refractivity contribution in [2.75, 3.05) is 11.7 Å². The van der Waals surface area contributed by atoms with Gasteiger partial charge in [-0.1, -0.05) is 40.2 Å². The first-order chi connectivity index (χ1) is 17.9. The minimum Gasteiger partial charge on any atom is -0.454 e. The summed E-state index contributed by atoms with van der Waals surface area (Å²) in [5, 5.41) is 0. The molecule has 3 aliphatic heterocycles. The van der Waals surface area contributed by atoms with Crippen molar-refractivity contribution < 1.29 is 28.6 Å². The first kappa shape index (κ1) is 22.3. The van der Waals surface area contributed by atoms with Crippen LogP contribution in [-0.4, -0.2) is 24.6 Å². The van der Waals surface area contributed by atoms with Crippen LogP contribution in [0.1, 0.15) is 22.6 Å². The first-order valence-electron chi connectivity index (χ1n) is 12.0. The van der Waals surface area contributed by atoms with Crippen LogP contribution in [0.25, 0.3) is 5.57 Å². The van der Waals surface area contributed by atoms with E-state index in [0.717, 1.165) is 21.2 Å². The number of hydrogen-bond acceptors (Lipinski definition) is 6. The van der Waals surface area contributed by atoms with Crippen molar-refractivity contribution in [1.82, 2.24) is 0 Å². The van der Waals surface area contributed by atoms with Gasteiger partial charge >= 0.3 is 5.97 Å². The molecule has 1 aliphatic carbocycles. The maximum Gasteiger partial charge on any atom is 0.319 e. The number of nitrogens with zero attached hydrogens (tertiary/aromatic N) is 1. The molecule has 4 aliphatic rings. The van der Waals surface area contributed by atoms with E-state index in [1.165, 1.54) is 4.90 Å². The van der Waals surface area contributed by atoms with Gasteiger partial charge in [-0.3, -0.25) is 14.4 Å². The highest BCUT2D eigenvalue weighted by Crippen LogP contribution is 2.55. The van der Waals surface area contributed by atoms with Crippen molar-refractivity contribution in [1.29, 1.82) is 0 Å². The molecule has 2 amide bonds. The van der Waals surface area contributed by atoms with Gasteiger partial charge in [-0.2, -0.15) is 0 Å². The number of carbonyl (C=O) groups excluding carboxylic acids is 3. The standard InChI is InChI=1S/C29H20BrNO6/c1-14-2-8-18-20-12-19(15-3-9-21-23(11-15)36-13-35-21)24-26(25(20)29(34)37-22(18)10-14)28(33)31(27(24)32)17-6-4-16(30)5-7-17/h2-12,19,24-26H,13H2,1H3/t19-,24-,25-,26-/m1/s1. The van der Waals surface area contributed by atoms with Crippen molar-refractivity contribution in [3.8, 4) is 17.2 Å². The van der Waals surface area contributed by atoms with Crippen molar-refractivity contribution >= 4 is 45.0 Å². The third kappa shape index (κ3) is 3.28. The fraction of sp³-hybridized carbons (Fsp3) is 0.207. The number of fused-ring (bicyclic) bond motifs is 6. The quantitative estimate of drug-likeness (QED) is 0.250. The summed E-state index contributed by atoms with van der Waals surface area (Å²) < 4.78 is 17.6. The van der Waals surface area contributed by atoms with Crippen LogP contribution in [0, 0.1) is 24.7 Å². The number of halogens is 1. The molecule has 0 unspecified atom stereocenters. The molecule has 3 aromatic rings. The van der Waals surface area contributed by atoms with Gasteiger partial charge in [-0.25, -0.2) is 4.90 Å². The summed E-state index contributed by atoms with van der Waals surface area (Å²) in [5.41, 5.74) is 3.73. The fourth-order valence-electron chi connectivity index (χ4n) is 5.96. The van der Waals surface area contributed by atoms with E-state index in [9.17, 15) is 14.4 Å². The van der Waals surface area contributed by atoms with Gasteiger partial charge in [-0.05, 0) is 66.1 Å². The lowest BCUT2D eigenvalue weighted by Crippen LogP contribution is -2.42. The molecule has 0 aromatic heterocycles. The van der Waals surface area contributed by atoms with Gasteiger partial charge in [0.05, 0.1) is 23.4 Å². The Morgan fingerprint density at radius 3 is 2.41 bits per heavy atom. The number of carbonyl (C=O) groups is 3. The zero-order valence-corrected chi connectivity index (χ0v) is 21.2. The fourth-order valence-corrected chi connectivity index (χ4v) is 6.22. The van der Waals surface area contributed by atoms with Crippen LogP contribution in [0.2, 0.25) is 0 Å². The van der Waals surface area contributed by atoms with E-state index >= 15 is 0 Å². The van der Waals surface area contributed by atoms with Crippen LogP contribution in [-0.2, 0) is 14.4 Å². The second kappa shape index (κ2) is 8.05. The highest BCUT2D eigenvalue weighted by molar-refractivity contribution is 9.10. The molecule has 37 heavy (non-hydrogen) atoms. The lowest BCUT2D eigenvalue weighted by atomic mass is 9.64. The van der Waals surface area contributed by atoms with E-state index in [0.29, 0.717) is 28.5 Å². The summed E-state index contributed by atoms with van der Waals surface area (Å²) in [6, 6.07) is 18.3. The minimum atomic E-state index is -0.895. The Balaban J connectivity index is 1.42. The maximum absolute atomic E-state index is 14.0. The number of imide groups is 1. The van der Waals surface area contributed by atoms with Gasteiger partial charge in [-0.15, -0.1) is 0 Å².